The molecule has 0 radical (unpaired) electrons. The Balaban J connectivity index is 1.98. The van der Waals surface area contributed by atoms with Crippen LogP contribution in [0.1, 0.15) is 23.6 Å². The van der Waals surface area contributed by atoms with Crippen LogP contribution in [0.4, 0.5) is 4.39 Å². The molecule has 2 aromatic carbocycles. The van der Waals surface area contributed by atoms with Gasteiger partial charge in [-0.25, -0.2) is 4.39 Å². The van der Waals surface area contributed by atoms with Gasteiger partial charge >= 0.3 is 0 Å². The van der Waals surface area contributed by atoms with Gasteiger partial charge in [-0.15, -0.1) is 0 Å². The highest BCUT2D eigenvalue weighted by Gasteiger charge is 2.04. The van der Waals surface area contributed by atoms with Crippen LogP contribution in [0.5, 0.6) is 5.75 Å². The van der Waals surface area contributed by atoms with E-state index in [9.17, 15) is 9.50 Å². The molecule has 0 saturated carbocycles. The highest BCUT2D eigenvalue weighted by molar-refractivity contribution is 5.32. The molecule has 0 aliphatic rings. The predicted octanol–water partition coefficient (Wildman–Crippen LogP) is 3.38. The molecule has 19 heavy (non-hydrogen) atoms. The molecule has 2 nitrogen and oxygen atoms in total. The quantitative estimate of drug-likeness (QED) is 0.862. The molecule has 3 heteroatoms. The summed E-state index contributed by atoms with van der Waals surface area (Å²) in [5, 5.41) is 12.9. The Bertz CT molecular complexity index is 554. The molecule has 2 N–H and O–H groups in total. The van der Waals surface area contributed by atoms with E-state index in [1.54, 1.807) is 0 Å². The predicted molar refractivity (Wildman–Crippen MR) is 74.4 cm³/mol. The van der Waals surface area contributed by atoms with Crippen molar-refractivity contribution in [3.8, 4) is 5.75 Å². The first kappa shape index (κ1) is 13.6. The molecule has 0 spiro atoms. The molecule has 0 aromatic heterocycles. The monoisotopic (exact) mass is 259 g/mol. The van der Waals surface area contributed by atoms with E-state index in [4.69, 9.17) is 0 Å². The summed E-state index contributed by atoms with van der Waals surface area (Å²) in [6.07, 6.45) is 0.989. The number of halogens is 1. The van der Waals surface area contributed by atoms with Crippen LogP contribution < -0.4 is 5.32 Å². The van der Waals surface area contributed by atoms with E-state index in [2.05, 4.69) is 24.4 Å². The Morgan fingerprint density at radius 1 is 1.00 bits per heavy atom. The third-order valence-corrected chi connectivity index (χ3v) is 3.17. The van der Waals surface area contributed by atoms with Crippen LogP contribution in [0, 0.1) is 5.82 Å². The van der Waals surface area contributed by atoms with Crippen molar-refractivity contribution in [2.45, 2.75) is 26.4 Å². The van der Waals surface area contributed by atoms with Gasteiger partial charge in [0.2, 0.25) is 0 Å². The zero-order valence-electron chi connectivity index (χ0n) is 11.0. The summed E-state index contributed by atoms with van der Waals surface area (Å²) in [5.74, 6) is -0.207. The zero-order chi connectivity index (χ0) is 13.7. The van der Waals surface area contributed by atoms with Crippen LogP contribution >= 0.6 is 0 Å². The first-order valence-corrected chi connectivity index (χ1v) is 6.45. The molecule has 100 valence electrons. The minimum Gasteiger partial charge on any atom is -0.508 e. The van der Waals surface area contributed by atoms with Crippen molar-refractivity contribution in [2.24, 2.45) is 0 Å². The molecule has 0 fully saturated rings. The lowest BCUT2D eigenvalue weighted by atomic mass is 10.1. The van der Waals surface area contributed by atoms with E-state index in [1.165, 1.54) is 29.3 Å². The minimum atomic E-state index is -0.330. The third-order valence-electron chi connectivity index (χ3n) is 3.17. The largest absolute Gasteiger partial charge is 0.508 e. The van der Waals surface area contributed by atoms with Gasteiger partial charge in [-0.2, -0.15) is 0 Å². The molecule has 0 unspecified atom stereocenters. The highest BCUT2D eigenvalue weighted by atomic mass is 19.1. The van der Waals surface area contributed by atoms with Crippen LogP contribution in [0.15, 0.2) is 42.5 Å². The van der Waals surface area contributed by atoms with Gasteiger partial charge in [0.25, 0.3) is 0 Å². The second-order valence-corrected chi connectivity index (χ2v) is 4.50. The Morgan fingerprint density at radius 2 is 1.68 bits per heavy atom. The number of hydrogen-bond acceptors (Lipinski definition) is 2. The van der Waals surface area contributed by atoms with E-state index >= 15 is 0 Å². The Morgan fingerprint density at radius 3 is 2.42 bits per heavy atom. The van der Waals surface area contributed by atoms with Gasteiger partial charge in [0.15, 0.2) is 0 Å². The molecule has 0 amide bonds. The fraction of sp³-hybridized carbons (Fsp3) is 0.250. The van der Waals surface area contributed by atoms with Crippen LogP contribution in [0.3, 0.4) is 0 Å². The van der Waals surface area contributed by atoms with Crippen molar-refractivity contribution < 1.29 is 9.50 Å². The summed E-state index contributed by atoms with van der Waals surface area (Å²) in [7, 11) is 0. The maximum Gasteiger partial charge on any atom is 0.123 e. The van der Waals surface area contributed by atoms with Gasteiger partial charge in [-0.05, 0) is 35.7 Å². The number of rotatable bonds is 5. The Hall–Kier alpha value is -1.87. The molecule has 0 bridgehead atoms. The van der Waals surface area contributed by atoms with E-state index < -0.39 is 0 Å². The number of aryl methyl sites for hydroxylation is 1. The summed E-state index contributed by atoms with van der Waals surface area (Å²) in [6, 6.07) is 12.2. The average molecular weight is 259 g/mol. The first-order chi connectivity index (χ1) is 9.20. The SMILES string of the molecule is CCc1ccccc1CNCc1cc(F)ccc1O. The van der Waals surface area contributed by atoms with Crippen LogP contribution in [0.25, 0.3) is 0 Å². The fourth-order valence-corrected chi connectivity index (χ4v) is 2.10. The number of nitrogens with one attached hydrogen (secondary N) is 1. The molecule has 2 rings (SSSR count). The molecular weight excluding hydrogens is 241 g/mol. The maximum absolute atomic E-state index is 13.1. The normalized spacial score (nSPS) is 10.6. The Kier molecular flexibility index (Phi) is 4.53. The van der Waals surface area contributed by atoms with Gasteiger partial charge in [0, 0.05) is 18.7 Å². The van der Waals surface area contributed by atoms with E-state index in [0.29, 0.717) is 18.7 Å². The van der Waals surface area contributed by atoms with Crippen molar-refractivity contribution in [3.05, 3.63) is 65.0 Å². The van der Waals surface area contributed by atoms with Crippen LogP contribution in [-0.4, -0.2) is 5.11 Å². The maximum atomic E-state index is 13.1. The number of phenolic OH excluding ortho intramolecular Hbond substituents is 1. The van der Waals surface area contributed by atoms with Gasteiger partial charge in [0.1, 0.15) is 11.6 Å². The summed E-state index contributed by atoms with van der Waals surface area (Å²) in [5.41, 5.74) is 3.12. The van der Waals surface area contributed by atoms with Crippen LogP contribution in [0.2, 0.25) is 0 Å². The number of benzene rings is 2. The van der Waals surface area contributed by atoms with E-state index in [-0.39, 0.29) is 11.6 Å². The summed E-state index contributed by atoms with van der Waals surface area (Å²) >= 11 is 0. The molecule has 0 aliphatic heterocycles. The smallest absolute Gasteiger partial charge is 0.123 e. The summed E-state index contributed by atoms with van der Waals surface area (Å²) in [6.45, 7) is 3.28. The number of aromatic hydroxyl groups is 1. The zero-order valence-corrected chi connectivity index (χ0v) is 11.0. The molecular formula is C16H18FNO. The highest BCUT2D eigenvalue weighted by Crippen LogP contribution is 2.17. The summed E-state index contributed by atoms with van der Waals surface area (Å²) < 4.78 is 13.1. The van der Waals surface area contributed by atoms with Gasteiger partial charge in [-0.3, -0.25) is 0 Å². The lowest BCUT2D eigenvalue weighted by Gasteiger charge is -2.10. The van der Waals surface area contributed by atoms with E-state index in [1.807, 2.05) is 12.1 Å². The second-order valence-electron chi connectivity index (χ2n) is 4.50. The summed E-state index contributed by atoms with van der Waals surface area (Å²) in [4.78, 5) is 0. The standard InChI is InChI=1S/C16H18FNO/c1-2-12-5-3-4-6-13(12)10-18-11-14-9-15(17)7-8-16(14)19/h3-9,18-19H,2,10-11H2,1H3. The van der Waals surface area contributed by atoms with E-state index in [0.717, 1.165) is 6.42 Å². The van der Waals surface area contributed by atoms with Crippen molar-refractivity contribution in [3.63, 3.8) is 0 Å². The lowest BCUT2D eigenvalue weighted by molar-refractivity contribution is 0.461. The van der Waals surface area contributed by atoms with Gasteiger partial charge in [-0.1, -0.05) is 31.2 Å². The molecule has 0 aliphatic carbocycles. The Labute approximate surface area is 112 Å². The minimum absolute atomic E-state index is 0.123. The lowest BCUT2D eigenvalue weighted by Crippen LogP contribution is -2.14. The molecule has 0 atom stereocenters. The van der Waals surface area contributed by atoms with Gasteiger partial charge < -0.3 is 10.4 Å². The molecule has 2 aromatic rings. The van der Waals surface area contributed by atoms with Crippen molar-refractivity contribution in [1.29, 1.82) is 0 Å². The average Bonchev–Trinajstić information content (AvgIpc) is 2.43. The van der Waals surface area contributed by atoms with Gasteiger partial charge in [0.05, 0.1) is 0 Å². The number of hydrogen-bond donors (Lipinski definition) is 2. The topological polar surface area (TPSA) is 32.3 Å². The second kappa shape index (κ2) is 6.34. The molecule has 0 saturated heterocycles. The number of phenols is 1. The third kappa shape index (κ3) is 3.55. The van der Waals surface area contributed by atoms with Crippen LogP contribution in [-0.2, 0) is 19.5 Å². The fourth-order valence-electron chi connectivity index (χ4n) is 2.10. The van der Waals surface area contributed by atoms with Crippen molar-refractivity contribution in [2.75, 3.05) is 0 Å². The van der Waals surface area contributed by atoms with Crippen molar-refractivity contribution >= 4 is 0 Å². The van der Waals surface area contributed by atoms with Crippen molar-refractivity contribution in [1.82, 2.24) is 5.32 Å². The molecule has 0 heterocycles. The first-order valence-electron chi connectivity index (χ1n) is 6.45.